The highest BCUT2D eigenvalue weighted by molar-refractivity contribution is 7.97. The predicted molar refractivity (Wildman–Crippen MR) is 49.7 cm³/mol. The number of thioether (sulfide) groups is 1. The van der Waals surface area contributed by atoms with Gasteiger partial charge in [0.2, 0.25) is 0 Å². The highest BCUT2D eigenvalue weighted by Crippen LogP contribution is 2.23. The van der Waals surface area contributed by atoms with Crippen molar-refractivity contribution in [1.82, 2.24) is 0 Å². The number of benzene rings is 1. The Morgan fingerprint density at radius 1 is 1.55 bits per heavy atom. The summed E-state index contributed by atoms with van der Waals surface area (Å²) in [5.74, 6) is 1.12. The highest BCUT2D eigenvalue weighted by Gasteiger charge is 1.98. The fourth-order valence-electron chi connectivity index (χ4n) is 0.858. The third-order valence-corrected chi connectivity index (χ3v) is 2.01. The van der Waals surface area contributed by atoms with Crippen molar-refractivity contribution in [3.8, 4) is 5.75 Å². The van der Waals surface area contributed by atoms with E-state index >= 15 is 0 Å². The van der Waals surface area contributed by atoms with Gasteiger partial charge in [-0.3, -0.25) is 0 Å². The summed E-state index contributed by atoms with van der Waals surface area (Å²) in [5.41, 5.74) is 7.00. The zero-order chi connectivity index (χ0) is 8.27. The lowest BCUT2D eigenvalue weighted by Gasteiger charge is -2.02. The summed E-state index contributed by atoms with van der Waals surface area (Å²) < 4.78 is 0. The average molecular weight is 169 g/mol. The lowest BCUT2D eigenvalue weighted by molar-refractivity contribution is 0.471. The number of rotatable bonds is 2. The minimum Gasteiger partial charge on any atom is -0.508 e. The maximum Gasteiger partial charge on any atom is 0.121 e. The van der Waals surface area contributed by atoms with Gasteiger partial charge < -0.3 is 10.8 Å². The molecular weight excluding hydrogens is 158 g/mol. The molecule has 0 atom stereocenters. The van der Waals surface area contributed by atoms with Gasteiger partial charge in [-0.25, -0.2) is 0 Å². The van der Waals surface area contributed by atoms with Gasteiger partial charge >= 0.3 is 0 Å². The van der Waals surface area contributed by atoms with Gasteiger partial charge in [-0.15, -0.1) is 0 Å². The van der Waals surface area contributed by atoms with Crippen LogP contribution in [0, 0.1) is 0 Å². The fourth-order valence-corrected chi connectivity index (χ4v) is 1.41. The number of hydrogen-bond donors (Lipinski definition) is 2. The molecule has 0 fully saturated rings. The second kappa shape index (κ2) is 3.53. The van der Waals surface area contributed by atoms with Crippen molar-refractivity contribution in [1.29, 1.82) is 0 Å². The van der Waals surface area contributed by atoms with E-state index in [0.29, 0.717) is 11.4 Å². The summed E-state index contributed by atoms with van der Waals surface area (Å²) in [6, 6.07) is 5.22. The van der Waals surface area contributed by atoms with Crippen LogP contribution < -0.4 is 5.73 Å². The minimum absolute atomic E-state index is 0.291. The van der Waals surface area contributed by atoms with Gasteiger partial charge in [0.25, 0.3) is 0 Å². The van der Waals surface area contributed by atoms with Crippen LogP contribution in [0.3, 0.4) is 0 Å². The van der Waals surface area contributed by atoms with Crippen molar-refractivity contribution in [2.75, 3.05) is 12.0 Å². The van der Waals surface area contributed by atoms with Gasteiger partial charge in [-0.05, 0) is 12.3 Å². The molecule has 2 nitrogen and oxygen atoms in total. The van der Waals surface area contributed by atoms with Crippen LogP contribution in [-0.4, -0.2) is 11.4 Å². The first-order chi connectivity index (χ1) is 5.24. The van der Waals surface area contributed by atoms with Crippen molar-refractivity contribution in [2.45, 2.75) is 5.75 Å². The molecule has 0 aliphatic heterocycles. The molecule has 0 aromatic heterocycles. The molecule has 0 aliphatic carbocycles. The average Bonchev–Trinajstić information content (AvgIpc) is 1.95. The SMILES string of the molecule is CSCc1ccc(N)cc1O. The first kappa shape index (κ1) is 8.27. The van der Waals surface area contributed by atoms with Gasteiger partial charge in [-0.1, -0.05) is 6.07 Å². The Labute approximate surface area is 70.4 Å². The van der Waals surface area contributed by atoms with Crippen molar-refractivity contribution in [3.05, 3.63) is 23.8 Å². The van der Waals surface area contributed by atoms with Gasteiger partial charge in [0.05, 0.1) is 0 Å². The number of aromatic hydroxyl groups is 1. The molecule has 60 valence electrons. The molecule has 0 heterocycles. The number of anilines is 1. The molecule has 11 heavy (non-hydrogen) atoms. The van der Waals surface area contributed by atoms with E-state index in [1.165, 1.54) is 0 Å². The van der Waals surface area contributed by atoms with E-state index in [1.807, 2.05) is 12.3 Å². The molecule has 1 aromatic carbocycles. The topological polar surface area (TPSA) is 46.2 Å². The molecule has 0 saturated heterocycles. The normalized spacial score (nSPS) is 9.91. The Morgan fingerprint density at radius 3 is 2.82 bits per heavy atom. The third kappa shape index (κ3) is 2.05. The first-order valence-electron chi connectivity index (χ1n) is 3.30. The van der Waals surface area contributed by atoms with E-state index in [9.17, 15) is 5.11 Å². The van der Waals surface area contributed by atoms with Crippen LogP contribution in [0.25, 0.3) is 0 Å². The zero-order valence-electron chi connectivity index (χ0n) is 6.37. The maximum atomic E-state index is 9.33. The van der Waals surface area contributed by atoms with Crippen molar-refractivity contribution in [3.63, 3.8) is 0 Å². The van der Waals surface area contributed by atoms with Crippen LogP contribution in [0.2, 0.25) is 0 Å². The maximum absolute atomic E-state index is 9.33. The highest BCUT2D eigenvalue weighted by atomic mass is 32.2. The van der Waals surface area contributed by atoms with Crippen LogP contribution in [0.15, 0.2) is 18.2 Å². The molecule has 1 rings (SSSR count). The molecule has 0 saturated carbocycles. The largest absolute Gasteiger partial charge is 0.508 e. The van der Waals surface area contributed by atoms with Gasteiger partial charge in [-0.2, -0.15) is 11.8 Å². The van der Waals surface area contributed by atoms with E-state index in [0.717, 1.165) is 11.3 Å². The molecule has 3 N–H and O–H groups in total. The summed E-state index contributed by atoms with van der Waals surface area (Å²) in [5, 5.41) is 9.33. The van der Waals surface area contributed by atoms with E-state index in [-0.39, 0.29) is 0 Å². The number of phenols is 1. The van der Waals surface area contributed by atoms with Crippen LogP contribution in [0.4, 0.5) is 5.69 Å². The molecular formula is C8H11NOS. The summed E-state index contributed by atoms with van der Waals surface area (Å²) in [4.78, 5) is 0. The lowest BCUT2D eigenvalue weighted by atomic mass is 10.2. The zero-order valence-corrected chi connectivity index (χ0v) is 7.19. The van der Waals surface area contributed by atoms with Gasteiger partial charge in [0, 0.05) is 23.1 Å². The molecule has 0 aliphatic rings. The lowest BCUT2D eigenvalue weighted by Crippen LogP contribution is -1.86. The number of phenolic OH excluding ortho intramolecular Hbond substituents is 1. The predicted octanol–water partition coefficient (Wildman–Crippen LogP) is 1.84. The molecule has 0 spiro atoms. The standard InChI is InChI=1S/C8H11NOS/c1-11-5-6-2-3-7(9)4-8(6)10/h2-4,10H,5,9H2,1H3. The van der Waals surface area contributed by atoms with Gasteiger partial charge in [0.1, 0.15) is 5.75 Å². The summed E-state index contributed by atoms with van der Waals surface area (Å²) in [7, 11) is 0. The second-order valence-corrected chi connectivity index (χ2v) is 3.19. The van der Waals surface area contributed by atoms with E-state index in [2.05, 4.69) is 0 Å². The Bertz CT molecular complexity index is 250. The third-order valence-electron chi connectivity index (χ3n) is 1.41. The molecule has 0 amide bonds. The van der Waals surface area contributed by atoms with Crippen molar-refractivity contribution in [2.24, 2.45) is 0 Å². The summed E-state index contributed by atoms with van der Waals surface area (Å²) >= 11 is 1.67. The number of nitrogens with two attached hydrogens (primary N) is 1. The summed E-state index contributed by atoms with van der Waals surface area (Å²) in [6.07, 6.45) is 2.00. The van der Waals surface area contributed by atoms with Crippen LogP contribution in [0.5, 0.6) is 5.75 Å². The quantitative estimate of drug-likeness (QED) is 0.664. The van der Waals surface area contributed by atoms with Gasteiger partial charge in [0.15, 0.2) is 0 Å². The van der Waals surface area contributed by atoms with Crippen molar-refractivity contribution >= 4 is 17.4 Å². The number of nitrogen functional groups attached to an aromatic ring is 1. The van der Waals surface area contributed by atoms with Crippen LogP contribution in [0.1, 0.15) is 5.56 Å². The molecule has 1 aromatic rings. The Hall–Kier alpha value is -0.830. The van der Waals surface area contributed by atoms with E-state index in [4.69, 9.17) is 5.73 Å². The molecule has 0 radical (unpaired) electrons. The second-order valence-electron chi connectivity index (χ2n) is 2.32. The van der Waals surface area contributed by atoms with Crippen molar-refractivity contribution < 1.29 is 5.11 Å². The molecule has 0 bridgehead atoms. The van der Waals surface area contributed by atoms with E-state index < -0.39 is 0 Å². The monoisotopic (exact) mass is 169 g/mol. The Kier molecular flexibility index (Phi) is 2.65. The fraction of sp³-hybridized carbons (Fsp3) is 0.250. The Morgan fingerprint density at radius 2 is 2.27 bits per heavy atom. The minimum atomic E-state index is 0.291. The first-order valence-corrected chi connectivity index (χ1v) is 4.69. The summed E-state index contributed by atoms with van der Waals surface area (Å²) in [6.45, 7) is 0. The number of hydrogen-bond acceptors (Lipinski definition) is 3. The van der Waals surface area contributed by atoms with Crippen LogP contribution >= 0.6 is 11.8 Å². The molecule has 3 heteroatoms. The smallest absolute Gasteiger partial charge is 0.121 e. The molecule has 0 unspecified atom stereocenters. The Balaban J connectivity index is 2.90. The van der Waals surface area contributed by atoms with E-state index in [1.54, 1.807) is 23.9 Å². The van der Waals surface area contributed by atoms with Crippen LogP contribution in [-0.2, 0) is 5.75 Å².